The predicted molar refractivity (Wildman–Crippen MR) is 106 cm³/mol. The molecule has 0 spiro atoms. The van der Waals surface area contributed by atoms with Crippen LogP contribution in [0, 0.1) is 0 Å². The lowest BCUT2D eigenvalue weighted by Crippen LogP contribution is -2.39. The van der Waals surface area contributed by atoms with Crippen LogP contribution < -0.4 is 5.32 Å². The van der Waals surface area contributed by atoms with Gasteiger partial charge >= 0.3 is 12.1 Å². The standard InChI is InChI=1S/C21H39NO4/c1-4-6-7-8-9-10-11-12-13-14-15-16-17-19(5-2)26-21(25)22-18(3)20(23)24/h5,18-19H,2,4,6-17H2,1,3H3,(H,22,25)(H,23,24). The molecule has 26 heavy (non-hydrogen) atoms. The van der Waals surface area contributed by atoms with Crippen LogP contribution in [0.15, 0.2) is 12.7 Å². The zero-order valence-corrected chi connectivity index (χ0v) is 16.8. The Labute approximate surface area is 159 Å². The zero-order valence-electron chi connectivity index (χ0n) is 16.8. The van der Waals surface area contributed by atoms with Crippen LogP contribution in [-0.2, 0) is 9.53 Å². The second-order valence-corrected chi connectivity index (χ2v) is 7.06. The molecule has 5 nitrogen and oxygen atoms in total. The van der Waals surface area contributed by atoms with Crippen LogP contribution in [0.1, 0.15) is 97.3 Å². The summed E-state index contributed by atoms with van der Waals surface area (Å²) in [5.74, 6) is -1.09. The molecule has 0 aliphatic heterocycles. The van der Waals surface area contributed by atoms with Crippen LogP contribution in [-0.4, -0.2) is 29.3 Å². The van der Waals surface area contributed by atoms with Crippen molar-refractivity contribution in [3.63, 3.8) is 0 Å². The fourth-order valence-corrected chi connectivity index (χ4v) is 2.82. The van der Waals surface area contributed by atoms with E-state index in [1.54, 1.807) is 6.08 Å². The number of carboxylic acids is 1. The van der Waals surface area contributed by atoms with Gasteiger partial charge in [0.25, 0.3) is 0 Å². The average Bonchev–Trinajstić information content (AvgIpc) is 2.61. The summed E-state index contributed by atoms with van der Waals surface area (Å²) < 4.78 is 5.19. The van der Waals surface area contributed by atoms with Gasteiger partial charge < -0.3 is 15.2 Å². The molecule has 0 saturated carbocycles. The van der Waals surface area contributed by atoms with E-state index < -0.39 is 18.1 Å². The number of nitrogens with one attached hydrogen (secondary N) is 1. The van der Waals surface area contributed by atoms with Crippen LogP contribution >= 0.6 is 0 Å². The van der Waals surface area contributed by atoms with Crippen molar-refractivity contribution in [2.45, 2.75) is 109 Å². The molecule has 0 saturated heterocycles. The molecule has 0 rings (SSSR count). The third kappa shape index (κ3) is 14.8. The SMILES string of the molecule is C=CC(CCCCCCCCCCCCCC)OC(=O)NC(C)C(=O)O. The van der Waals surface area contributed by atoms with Gasteiger partial charge in [0.2, 0.25) is 0 Å². The number of ether oxygens (including phenoxy) is 1. The molecule has 0 radical (unpaired) electrons. The van der Waals surface area contributed by atoms with E-state index in [2.05, 4.69) is 18.8 Å². The van der Waals surface area contributed by atoms with Crippen molar-refractivity contribution in [1.29, 1.82) is 0 Å². The highest BCUT2D eigenvalue weighted by Gasteiger charge is 2.17. The highest BCUT2D eigenvalue weighted by molar-refractivity contribution is 5.79. The molecular weight excluding hydrogens is 330 g/mol. The minimum atomic E-state index is -1.09. The number of aliphatic carboxylic acids is 1. The molecule has 2 unspecified atom stereocenters. The van der Waals surface area contributed by atoms with Gasteiger partial charge in [-0.1, -0.05) is 90.2 Å². The lowest BCUT2D eigenvalue weighted by molar-refractivity contribution is -0.138. The zero-order chi connectivity index (χ0) is 19.6. The summed E-state index contributed by atoms with van der Waals surface area (Å²) in [5, 5.41) is 11.0. The summed E-state index contributed by atoms with van der Waals surface area (Å²) in [5.41, 5.74) is 0. The largest absolute Gasteiger partial charge is 0.480 e. The van der Waals surface area contributed by atoms with Gasteiger partial charge in [-0.25, -0.2) is 4.79 Å². The van der Waals surface area contributed by atoms with Gasteiger partial charge in [0.05, 0.1) is 0 Å². The molecule has 0 aromatic rings. The van der Waals surface area contributed by atoms with E-state index >= 15 is 0 Å². The van der Waals surface area contributed by atoms with Gasteiger partial charge in [0.15, 0.2) is 0 Å². The van der Waals surface area contributed by atoms with Gasteiger partial charge in [0, 0.05) is 0 Å². The van der Waals surface area contributed by atoms with Crippen molar-refractivity contribution in [1.82, 2.24) is 5.32 Å². The molecule has 1 amide bonds. The maximum absolute atomic E-state index is 11.6. The summed E-state index contributed by atoms with van der Waals surface area (Å²) in [6.45, 7) is 7.33. The number of rotatable bonds is 17. The lowest BCUT2D eigenvalue weighted by Gasteiger charge is -2.16. The molecule has 0 aliphatic rings. The van der Waals surface area contributed by atoms with E-state index in [9.17, 15) is 9.59 Å². The second-order valence-electron chi connectivity index (χ2n) is 7.06. The normalized spacial score (nSPS) is 13.0. The Morgan fingerprint density at radius 3 is 1.85 bits per heavy atom. The van der Waals surface area contributed by atoms with Gasteiger partial charge in [-0.05, 0) is 19.8 Å². The first-order chi connectivity index (χ1) is 12.5. The molecule has 0 bridgehead atoms. The first kappa shape index (κ1) is 24.5. The van der Waals surface area contributed by atoms with E-state index in [0.717, 1.165) is 19.3 Å². The Kier molecular flexibility index (Phi) is 15.9. The maximum Gasteiger partial charge on any atom is 0.408 e. The van der Waals surface area contributed by atoms with E-state index in [-0.39, 0.29) is 6.10 Å². The van der Waals surface area contributed by atoms with Crippen molar-refractivity contribution in [2.24, 2.45) is 0 Å². The second kappa shape index (κ2) is 16.9. The molecule has 0 heterocycles. The Hall–Kier alpha value is -1.52. The topological polar surface area (TPSA) is 75.6 Å². The number of unbranched alkanes of at least 4 members (excludes halogenated alkanes) is 11. The van der Waals surface area contributed by atoms with E-state index in [1.165, 1.54) is 71.1 Å². The van der Waals surface area contributed by atoms with Crippen LogP contribution in [0.25, 0.3) is 0 Å². The van der Waals surface area contributed by atoms with Crippen molar-refractivity contribution in [3.8, 4) is 0 Å². The van der Waals surface area contributed by atoms with E-state index in [4.69, 9.17) is 9.84 Å². The van der Waals surface area contributed by atoms with Gasteiger partial charge in [0.1, 0.15) is 12.1 Å². The summed E-state index contributed by atoms with van der Waals surface area (Å²) in [7, 11) is 0. The number of carboxylic acid groups (broad SMARTS) is 1. The maximum atomic E-state index is 11.6. The Balaban J connectivity index is 3.55. The molecule has 0 aromatic heterocycles. The van der Waals surface area contributed by atoms with Gasteiger partial charge in [-0.15, -0.1) is 0 Å². The van der Waals surface area contributed by atoms with Gasteiger partial charge in [-0.3, -0.25) is 4.79 Å². The van der Waals surface area contributed by atoms with Gasteiger partial charge in [-0.2, -0.15) is 0 Å². The molecular formula is C21H39NO4. The first-order valence-corrected chi connectivity index (χ1v) is 10.3. The fourth-order valence-electron chi connectivity index (χ4n) is 2.82. The number of hydrogen-bond acceptors (Lipinski definition) is 3. The monoisotopic (exact) mass is 369 g/mol. The number of amides is 1. The van der Waals surface area contributed by atoms with Crippen LogP contribution in [0.2, 0.25) is 0 Å². The molecule has 2 atom stereocenters. The Morgan fingerprint density at radius 1 is 0.962 bits per heavy atom. The summed E-state index contributed by atoms with van der Waals surface area (Å²) in [6.07, 6.45) is 16.7. The number of carbonyl (C=O) groups is 2. The molecule has 5 heteroatoms. The van der Waals surface area contributed by atoms with Crippen LogP contribution in [0.3, 0.4) is 0 Å². The highest BCUT2D eigenvalue weighted by atomic mass is 16.6. The summed E-state index contributed by atoms with van der Waals surface area (Å²) >= 11 is 0. The summed E-state index contributed by atoms with van der Waals surface area (Å²) in [6, 6.07) is -0.959. The lowest BCUT2D eigenvalue weighted by atomic mass is 10.0. The fraction of sp³-hybridized carbons (Fsp3) is 0.810. The van der Waals surface area contributed by atoms with Crippen molar-refractivity contribution in [3.05, 3.63) is 12.7 Å². The summed E-state index contributed by atoms with van der Waals surface area (Å²) in [4.78, 5) is 22.3. The number of alkyl carbamates (subject to hydrolysis) is 1. The smallest absolute Gasteiger partial charge is 0.408 e. The Bertz CT molecular complexity index is 384. The number of carbonyl (C=O) groups excluding carboxylic acids is 1. The molecule has 0 aliphatic carbocycles. The van der Waals surface area contributed by atoms with Crippen molar-refractivity contribution < 1.29 is 19.4 Å². The minimum Gasteiger partial charge on any atom is -0.480 e. The third-order valence-corrected chi connectivity index (χ3v) is 4.57. The van der Waals surface area contributed by atoms with E-state index in [1.807, 2.05) is 0 Å². The van der Waals surface area contributed by atoms with E-state index in [0.29, 0.717) is 0 Å². The third-order valence-electron chi connectivity index (χ3n) is 4.57. The van der Waals surface area contributed by atoms with Crippen LogP contribution in [0.4, 0.5) is 4.79 Å². The highest BCUT2D eigenvalue weighted by Crippen LogP contribution is 2.14. The Morgan fingerprint density at radius 2 is 1.42 bits per heavy atom. The molecule has 152 valence electrons. The number of hydrogen-bond donors (Lipinski definition) is 2. The molecule has 2 N–H and O–H groups in total. The molecule has 0 fully saturated rings. The predicted octanol–water partition coefficient (Wildman–Crippen LogP) is 5.83. The molecule has 0 aromatic carbocycles. The van der Waals surface area contributed by atoms with Crippen molar-refractivity contribution >= 4 is 12.1 Å². The minimum absolute atomic E-state index is 0.362. The van der Waals surface area contributed by atoms with Crippen molar-refractivity contribution in [2.75, 3.05) is 0 Å². The quantitative estimate of drug-likeness (QED) is 0.250. The first-order valence-electron chi connectivity index (χ1n) is 10.3. The average molecular weight is 370 g/mol. The van der Waals surface area contributed by atoms with Crippen LogP contribution in [0.5, 0.6) is 0 Å².